The van der Waals surface area contributed by atoms with Crippen LogP contribution in [0.2, 0.25) is 0 Å². The second-order valence-corrected chi connectivity index (χ2v) is 5.77. The van der Waals surface area contributed by atoms with Gasteiger partial charge in [-0.05, 0) is 36.4 Å². The number of aryl methyl sites for hydroxylation is 1. The van der Waals surface area contributed by atoms with Crippen LogP contribution in [-0.4, -0.2) is 25.6 Å². The van der Waals surface area contributed by atoms with Gasteiger partial charge in [0.1, 0.15) is 23.6 Å². The number of nitrogens with zero attached hydrogens (tertiary/aromatic N) is 3. The lowest BCUT2D eigenvalue weighted by atomic mass is 10.1. The SMILES string of the molecule is O=C(O)CCc1oc(-n2cnc3ccccc32)nc1-c1ccc(F)cc1. The quantitative estimate of drug-likeness (QED) is 0.591. The molecule has 0 bridgehead atoms. The number of carboxylic acid groups (broad SMARTS) is 1. The van der Waals surface area contributed by atoms with Crippen molar-refractivity contribution in [2.75, 3.05) is 0 Å². The number of aliphatic carboxylic acids is 1. The van der Waals surface area contributed by atoms with E-state index in [1.54, 1.807) is 23.0 Å². The number of para-hydroxylation sites is 2. The summed E-state index contributed by atoms with van der Waals surface area (Å²) < 4.78 is 20.8. The number of benzene rings is 2. The molecule has 0 radical (unpaired) electrons. The summed E-state index contributed by atoms with van der Waals surface area (Å²) >= 11 is 0. The average Bonchev–Trinajstić information content (AvgIpc) is 3.24. The molecule has 26 heavy (non-hydrogen) atoms. The third kappa shape index (κ3) is 2.95. The van der Waals surface area contributed by atoms with Crippen molar-refractivity contribution in [3.05, 3.63) is 66.4 Å². The lowest BCUT2D eigenvalue weighted by Gasteiger charge is -1.99. The standard InChI is InChI=1S/C19H14FN3O3/c20-13-7-5-12(6-8-13)18-16(9-10-17(24)25)26-19(22-18)23-11-21-14-3-1-2-4-15(14)23/h1-8,11H,9-10H2,(H,24,25). The van der Waals surface area contributed by atoms with Gasteiger partial charge < -0.3 is 9.52 Å². The van der Waals surface area contributed by atoms with Crippen LogP contribution < -0.4 is 0 Å². The molecule has 0 atom stereocenters. The van der Waals surface area contributed by atoms with E-state index in [0.717, 1.165) is 11.0 Å². The fourth-order valence-electron chi connectivity index (χ4n) is 2.78. The van der Waals surface area contributed by atoms with Gasteiger partial charge in [-0.15, -0.1) is 0 Å². The lowest BCUT2D eigenvalue weighted by molar-refractivity contribution is -0.137. The normalized spacial score (nSPS) is 11.1. The van der Waals surface area contributed by atoms with Crippen LogP contribution in [0.15, 0.2) is 59.3 Å². The third-order valence-corrected chi connectivity index (χ3v) is 4.03. The smallest absolute Gasteiger partial charge is 0.308 e. The highest BCUT2D eigenvalue weighted by molar-refractivity contribution is 5.76. The van der Waals surface area contributed by atoms with Crippen molar-refractivity contribution in [3.63, 3.8) is 0 Å². The number of rotatable bonds is 5. The van der Waals surface area contributed by atoms with Crippen molar-refractivity contribution < 1.29 is 18.7 Å². The molecular formula is C19H14FN3O3. The van der Waals surface area contributed by atoms with Crippen LogP contribution in [0.1, 0.15) is 12.2 Å². The van der Waals surface area contributed by atoms with Gasteiger partial charge in [-0.3, -0.25) is 9.36 Å². The first kappa shape index (κ1) is 16.0. The fraction of sp³-hybridized carbons (Fsp3) is 0.105. The summed E-state index contributed by atoms with van der Waals surface area (Å²) in [5, 5.41) is 8.98. The molecule has 130 valence electrons. The number of aromatic nitrogens is 3. The number of hydrogen-bond acceptors (Lipinski definition) is 4. The number of oxazole rings is 1. The summed E-state index contributed by atoms with van der Waals surface area (Å²) in [5.41, 5.74) is 2.77. The molecule has 1 N–H and O–H groups in total. The molecule has 0 aliphatic rings. The first-order valence-corrected chi connectivity index (χ1v) is 8.02. The molecule has 0 fully saturated rings. The molecule has 4 aromatic rings. The summed E-state index contributed by atoms with van der Waals surface area (Å²) in [6, 6.07) is 13.7. The van der Waals surface area contributed by atoms with Crippen molar-refractivity contribution in [2.24, 2.45) is 0 Å². The van der Waals surface area contributed by atoms with E-state index < -0.39 is 5.97 Å². The highest BCUT2D eigenvalue weighted by atomic mass is 19.1. The zero-order valence-electron chi connectivity index (χ0n) is 13.6. The van der Waals surface area contributed by atoms with E-state index in [2.05, 4.69) is 9.97 Å². The molecule has 0 saturated carbocycles. The number of fused-ring (bicyclic) bond motifs is 1. The van der Waals surface area contributed by atoms with E-state index in [4.69, 9.17) is 9.52 Å². The highest BCUT2D eigenvalue weighted by Gasteiger charge is 2.18. The topological polar surface area (TPSA) is 81.1 Å². The van der Waals surface area contributed by atoms with E-state index in [9.17, 15) is 9.18 Å². The number of halogens is 1. The Labute approximate surface area is 147 Å². The maximum absolute atomic E-state index is 13.2. The van der Waals surface area contributed by atoms with Crippen LogP contribution in [0.4, 0.5) is 4.39 Å². The van der Waals surface area contributed by atoms with Crippen molar-refractivity contribution >= 4 is 17.0 Å². The summed E-state index contributed by atoms with van der Waals surface area (Å²) in [6.07, 6.45) is 1.70. The predicted molar refractivity (Wildman–Crippen MR) is 92.5 cm³/mol. The Morgan fingerprint density at radius 2 is 1.92 bits per heavy atom. The molecule has 7 heteroatoms. The molecule has 2 aromatic carbocycles. The second-order valence-electron chi connectivity index (χ2n) is 5.77. The molecule has 4 rings (SSSR count). The summed E-state index contributed by atoms with van der Waals surface area (Å²) in [6.45, 7) is 0. The maximum Gasteiger partial charge on any atom is 0.308 e. The first-order chi connectivity index (χ1) is 12.6. The van der Waals surface area contributed by atoms with Crippen molar-refractivity contribution in [2.45, 2.75) is 12.8 Å². The van der Waals surface area contributed by atoms with Crippen LogP contribution in [0.5, 0.6) is 0 Å². The number of hydrogen-bond donors (Lipinski definition) is 1. The van der Waals surface area contributed by atoms with E-state index in [0.29, 0.717) is 23.0 Å². The van der Waals surface area contributed by atoms with Gasteiger partial charge in [0.2, 0.25) is 0 Å². The van der Waals surface area contributed by atoms with Crippen LogP contribution in [0.3, 0.4) is 0 Å². The van der Waals surface area contributed by atoms with Crippen LogP contribution >= 0.6 is 0 Å². The van der Waals surface area contributed by atoms with Gasteiger partial charge in [-0.2, -0.15) is 4.98 Å². The Hall–Kier alpha value is -3.48. The van der Waals surface area contributed by atoms with Crippen molar-refractivity contribution in [1.82, 2.24) is 14.5 Å². The minimum atomic E-state index is -0.930. The van der Waals surface area contributed by atoms with E-state index in [1.165, 1.54) is 12.1 Å². The molecule has 0 unspecified atom stereocenters. The van der Waals surface area contributed by atoms with Crippen molar-refractivity contribution in [1.29, 1.82) is 0 Å². The number of imidazole rings is 1. The zero-order valence-corrected chi connectivity index (χ0v) is 13.6. The van der Waals surface area contributed by atoms with Gasteiger partial charge in [-0.1, -0.05) is 12.1 Å². The second kappa shape index (κ2) is 6.44. The Kier molecular flexibility index (Phi) is 3.96. The summed E-state index contributed by atoms with van der Waals surface area (Å²) in [7, 11) is 0. The fourth-order valence-corrected chi connectivity index (χ4v) is 2.78. The number of carbonyl (C=O) groups is 1. The number of carboxylic acids is 1. The highest BCUT2D eigenvalue weighted by Crippen LogP contribution is 2.28. The van der Waals surface area contributed by atoms with Gasteiger partial charge in [0.05, 0.1) is 17.5 Å². The van der Waals surface area contributed by atoms with Crippen molar-refractivity contribution in [3.8, 4) is 17.3 Å². The maximum atomic E-state index is 13.2. The minimum absolute atomic E-state index is 0.0898. The van der Waals surface area contributed by atoms with Gasteiger partial charge in [-0.25, -0.2) is 9.37 Å². The molecule has 6 nitrogen and oxygen atoms in total. The predicted octanol–water partition coefficient (Wildman–Crippen LogP) is 3.84. The molecule has 0 aliphatic heterocycles. The molecule has 2 aromatic heterocycles. The zero-order chi connectivity index (χ0) is 18.1. The Morgan fingerprint density at radius 3 is 2.69 bits per heavy atom. The molecular weight excluding hydrogens is 337 g/mol. The molecule has 0 spiro atoms. The molecule has 2 heterocycles. The average molecular weight is 351 g/mol. The van der Waals surface area contributed by atoms with Gasteiger partial charge >= 0.3 is 12.0 Å². The van der Waals surface area contributed by atoms with Gasteiger partial charge in [0, 0.05) is 12.0 Å². The molecule has 0 aliphatic carbocycles. The summed E-state index contributed by atoms with van der Waals surface area (Å²) in [5.74, 6) is -0.849. The first-order valence-electron chi connectivity index (χ1n) is 8.02. The van der Waals surface area contributed by atoms with E-state index >= 15 is 0 Å². The van der Waals surface area contributed by atoms with Crippen LogP contribution in [0.25, 0.3) is 28.3 Å². The molecule has 0 saturated heterocycles. The van der Waals surface area contributed by atoms with E-state index in [-0.39, 0.29) is 18.7 Å². The monoisotopic (exact) mass is 351 g/mol. The molecule has 0 amide bonds. The largest absolute Gasteiger partial charge is 0.481 e. The lowest BCUT2D eigenvalue weighted by Crippen LogP contribution is -1.97. The Bertz CT molecular complexity index is 1080. The van der Waals surface area contributed by atoms with Crippen LogP contribution in [-0.2, 0) is 11.2 Å². The Morgan fingerprint density at radius 1 is 1.15 bits per heavy atom. The van der Waals surface area contributed by atoms with Crippen LogP contribution in [0, 0.1) is 5.82 Å². The van der Waals surface area contributed by atoms with Gasteiger partial charge in [0.15, 0.2) is 0 Å². The Balaban J connectivity index is 1.82. The third-order valence-electron chi connectivity index (χ3n) is 4.03. The minimum Gasteiger partial charge on any atom is -0.481 e. The van der Waals surface area contributed by atoms with E-state index in [1.807, 2.05) is 24.3 Å². The van der Waals surface area contributed by atoms with Gasteiger partial charge in [0.25, 0.3) is 0 Å². The summed E-state index contributed by atoms with van der Waals surface area (Å²) in [4.78, 5) is 19.8.